The number of hydrogen-bond donors (Lipinski definition) is 1. The van der Waals surface area contributed by atoms with Crippen LogP contribution in [-0.4, -0.2) is 58.5 Å². The largest absolute Gasteiger partial charge is 0.336 e. The molecule has 1 amide bonds. The van der Waals surface area contributed by atoms with Crippen LogP contribution in [-0.2, 0) is 7.05 Å². The Bertz CT molecular complexity index is 758. The summed E-state index contributed by atoms with van der Waals surface area (Å²) in [7, 11) is 3.89. The number of nitrogens with zero attached hydrogens (tertiary/aromatic N) is 4. The smallest absolute Gasteiger partial charge is 0.253 e. The highest BCUT2D eigenvalue weighted by Gasteiger charge is 2.20. The molecular weight excluding hydrogens is 314 g/mol. The van der Waals surface area contributed by atoms with Crippen LogP contribution in [0.25, 0.3) is 11.3 Å². The molecule has 0 spiro atoms. The van der Waals surface area contributed by atoms with E-state index in [1.54, 1.807) is 4.57 Å². The van der Waals surface area contributed by atoms with Crippen LogP contribution >= 0.6 is 0 Å². The zero-order valence-corrected chi connectivity index (χ0v) is 15.5. The van der Waals surface area contributed by atoms with Crippen LogP contribution in [0.5, 0.6) is 0 Å². The van der Waals surface area contributed by atoms with Crippen molar-refractivity contribution in [1.29, 1.82) is 5.41 Å². The number of likely N-dealkylation sites (N-methyl/N-ethyl adjacent to an activating group) is 1. The van der Waals surface area contributed by atoms with E-state index >= 15 is 0 Å². The number of carbonyl (C=O) groups excluding carboxylic acids is 1. The third kappa shape index (κ3) is 4.54. The number of amides is 1. The Kier molecular flexibility index (Phi) is 6.47. The summed E-state index contributed by atoms with van der Waals surface area (Å²) >= 11 is 0. The lowest BCUT2D eigenvalue weighted by Crippen LogP contribution is -2.47. The molecule has 6 nitrogen and oxygen atoms in total. The molecule has 0 bridgehead atoms. The predicted octanol–water partition coefficient (Wildman–Crippen LogP) is 1.98. The van der Waals surface area contributed by atoms with Crippen molar-refractivity contribution in [3.05, 3.63) is 47.7 Å². The van der Waals surface area contributed by atoms with Gasteiger partial charge in [0.25, 0.3) is 5.91 Å². The molecule has 0 unspecified atom stereocenters. The van der Waals surface area contributed by atoms with Crippen molar-refractivity contribution in [2.45, 2.75) is 13.8 Å². The highest BCUT2D eigenvalue weighted by Crippen LogP contribution is 2.17. The molecule has 0 saturated carbocycles. The van der Waals surface area contributed by atoms with Gasteiger partial charge in [-0.3, -0.25) is 15.2 Å². The van der Waals surface area contributed by atoms with Crippen molar-refractivity contribution in [3.63, 3.8) is 0 Å². The summed E-state index contributed by atoms with van der Waals surface area (Å²) in [6.07, 6.45) is 3.35. The molecular formula is C19H27N5O. The van der Waals surface area contributed by atoms with Crippen molar-refractivity contribution in [1.82, 2.24) is 19.4 Å². The third-order valence-corrected chi connectivity index (χ3v) is 4.24. The summed E-state index contributed by atoms with van der Waals surface area (Å²) in [5.74, 6) is 0.0877. The molecule has 3 rings (SSSR count). The molecule has 6 heteroatoms. The fourth-order valence-corrected chi connectivity index (χ4v) is 2.63. The lowest BCUT2D eigenvalue weighted by molar-refractivity contribution is 0.0664. The molecule has 1 saturated heterocycles. The average molecular weight is 341 g/mol. The van der Waals surface area contributed by atoms with Crippen LogP contribution < -0.4 is 5.49 Å². The van der Waals surface area contributed by atoms with Crippen LogP contribution in [0.2, 0.25) is 0 Å². The van der Waals surface area contributed by atoms with Gasteiger partial charge in [0.05, 0.1) is 11.9 Å². The number of piperazine rings is 1. The van der Waals surface area contributed by atoms with Crippen molar-refractivity contribution in [2.24, 2.45) is 7.05 Å². The van der Waals surface area contributed by atoms with Gasteiger partial charge in [0, 0.05) is 50.6 Å². The summed E-state index contributed by atoms with van der Waals surface area (Å²) in [6.45, 7) is 7.40. The van der Waals surface area contributed by atoms with Gasteiger partial charge in [-0.2, -0.15) is 0 Å². The Labute approximate surface area is 149 Å². The molecule has 1 aromatic carbocycles. The van der Waals surface area contributed by atoms with Crippen LogP contribution in [0.4, 0.5) is 0 Å². The average Bonchev–Trinajstić information content (AvgIpc) is 2.66. The van der Waals surface area contributed by atoms with Gasteiger partial charge in [-0.25, -0.2) is 0 Å². The first kappa shape index (κ1) is 18.9. The van der Waals surface area contributed by atoms with E-state index in [0.29, 0.717) is 11.1 Å². The van der Waals surface area contributed by atoms with Crippen LogP contribution in [0.15, 0.2) is 36.7 Å². The SMILES string of the molecule is CC.CN1CCN(C(=O)c2ccc(-c3cn(C)c(=N)cn3)cc2)CC1. The molecule has 0 radical (unpaired) electrons. The molecule has 0 atom stereocenters. The van der Waals surface area contributed by atoms with Gasteiger partial charge in [-0.05, 0) is 19.2 Å². The number of aromatic nitrogens is 2. The molecule has 1 N–H and O–H groups in total. The maximum Gasteiger partial charge on any atom is 0.253 e. The first-order valence-electron chi connectivity index (χ1n) is 8.70. The molecule has 2 aromatic rings. The number of aryl methyl sites for hydroxylation is 1. The monoisotopic (exact) mass is 341 g/mol. The lowest BCUT2D eigenvalue weighted by Gasteiger charge is -2.32. The standard InChI is InChI=1S/C17H21N5O.C2H6/c1-20-7-9-22(10-8-20)17(23)14-5-3-13(4-6-14)15-12-21(2)16(18)11-19-15;1-2/h3-6,11-12,18H,7-10H2,1-2H3;1-2H3. The first-order chi connectivity index (χ1) is 12.0. The maximum absolute atomic E-state index is 12.5. The minimum absolute atomic E-state index is 0.0877. The summed E-state index contributed by atoms with van der Waals surface area (Å²) in [6, 6.07) is 7.53. The van der Waals surface area contributed by atoms with Crippen LogP contribution in [0, 0.1) is 5.41 Å². The molecule has 134 valence electrons. The highest BCUT2D eigenvalue weighted by molar-refractivity contribution is 5.94. The highest BCUT2D eigenvalue weighted by atomic mass is 16.2. The molecule has 2 heterocycles. The van der Waals surface area contributed by atoms with Crippen molar-refractivity contribution < 1.29 is 4.79 Å². The van der Waals surface area contributed by atoms with Crippen LogP contribution in [0.1, 0.15) is 24.2 Å². The van der Waals surface area contributed by atoms with E-state index in [9.17, 15) is 4.79 Å². The van der Waals surface area contributed by atoms with Crippen molar-refractivity contribution in [3.8, 4) is 11.3 Å². The molecule has 1 aromatic heterocycles. The Morgan fingerprint density at radius 2 is 1.64 bits per heavy atom. The second-order valence-corrected chi connectivity index (χ2v) is 5.94. The number of nitrogens with one attached hydrogen (secondary N) is 1. The van der Waals surface area contributed by atoms with Gasteiger partial charge in [0.2, 0.25) is 0 Å². The van der Waals surface area contributed by atoms with E-state index in [2.05, 4.69) is 16.9 Å². The summed E-state index contributed by atoms with van der Waals surface area (Å²) in [5, 5.41) is 7.64. The Morgan fingerprint density at radius 3 is 2.20 bits per heavy atom. The van der Waals surface area contributed by atoms with Crippen molar-refractivity contribution in [2.75, 3.05) is 33.2 Å². The van der Waals surface area contributed by atoms with E-state index in [0.717, 1.165) is 37.4 Å². The summed E-state index contributed by atoms with van der Waals surface area (Å²) in [4.78, 5) is 20.9. The van der Waals surface area contributed by atoms with Gasteiger partial charge in [-0.15, -0.1) is 0 Å². The molecule has 0 aliphatic carbocycles. The fourth-order valence-electron chi connectivity index (χ4n) is 2.63. The predicted molar refractivity (Wildman–Crippen MR) is 99.2 cm³/mol. The summed E-state index contributed by atoms with van der Waals surface area (Å²) in [5.41, 5.74) is 2.80. The van der Waals surface area contributed by atoms with E-state index in [1.165, 1.54) is 6.20 Å². The molecule has 1 aliphatic heterocycles. The minimum Gasteiger partial charge on any atom is -0.336 e. The minimum atomic E-state index is 0.0877. The molecule has 25 heavy (non-hydrogen) atoms. The maximum atomic E-state index is 12.5. The topological polar surface area (TPSA) is 65.2 Å². The number of hydrogen-bond acceptors (Lipinski definition) is 4. The van der Waals surface area contributed by atoms with E-state index < -0.39 is 0 Å². The Balaban J connectivity index is 0.00000109. The second kappa shape index (κ2) is 8.58. The normalized spacial score (nSPS) is 14.6. The molecule has 1 fully saturated rings. The van der Waals surface area contributed by atoms with Crippen LogP contribution in [0.3, 0.4) is 0 Å². The zero-order valence-electron chi connectivity index (χ0n) is 15.5. The Hall–Kier alpha value is -2.47. The zero-order chi connectivity index (χ0) is 18.4. The number of carbonyl (C=O) groups is 1. The van der Waals surface area contributed by atoms with Gasteiger partial charge in [0.15, 0.2) is 0 Å². The van der Waals surface area contributed by atoms with E-state index in [4.69, 9.17) is 5.41 Å². The van der Waals surface area contributed by atoms with E-state index in [1.807, 2.05) is 56.3 Å². The van der Waals surface area contributed by atoms with Gasteiger partial charge < -0.3 is 14.4 Å². The lowest BCUT2D eigenvalue weighted by atomic mass is 10.1. The van der Waals surface area contributed by atoms with Crippen molar-refractivity contribution >= 4 is 5.91 Å². The second-order valence-electron chi connectivity index (χ2n) is 5.94. The number of rotatable bonds is 2. The Morgan fingerprint density at radius 1 is 1.04 bits per heavy atom. The number of benzene rings is 1. The fraction of sp³-hybridized carbons (Fsp3) is 0.421. The first-order valence-corrected chi connectivity index (χ1v) is 8.70. The van der Waals surface area contributed by atoms with Gasteiger partial charge in [0.1, 0.15) is 5.49 Å². The molecule has 1 aliphatic rings. The van der Waals surface area contributed by atoms with Gasteiger partial charge >= 0.3 is 0 Å². The summed E-state index contributed by atoms with van der Waals surface area (Å²) < 4.78 is 1.71. The van der Waals surface area contributed by atoms with Gasteiger partial charge in [-0.1, -0.05) is 26.0 Å². The quantitative estimate of drug-likeness (QED) is 0.908. The van der Waals surface area contributed by atoms with E-state index in [-0.39, 0.29) is 5.91 Å². The third-order valence-electron chi connectivity index (χ3n) is 4.24.